The minimum absolute atomic E-state index is 0.0703. The van der Waals surface area contributed by atoms with Crippen molar-refractivity contribution in [3.8, 4) is 5.75 Å². The minimum Gasteiger partial charge on any atom is -0.496 e. The van der Waals surface area contributed by atoms with Gasteiger partial charge in [-0.15, -0.1) is 11.3 Å². The number of carbonyl (C=O) groups is 3. The summed E-state index contributed by atoms with van der Waals surface area (Å²) in [6, 6.07) is 6.17. The molecule has 0 aliphatic carbocycles. The number of ketones is 1. The largest absolute Gasteiger partial charge is 0.496 e. The van der Waals surface area contributed by atoms with Gasteiger partial charge in [-0.1, -0.05) is 24.6 Å². The van der Waals surface area contributed by atoms with E-state index >= 15 is 0 Å². The molecule has 2 aromatic rings. The van der Waals surface area contributed by atoms with Crippen molar-refractivity contribution < 1.29 is 23.9 Å². The Morgan fingerprint density at radius 2 is 2.04 bits per heavy atom. The zero-order chi connectivity index (χ0) is 18.4. The fourth-order valence-electron chi connectivity index (χ4n) is 1.93. The number of esters is 1. The van der Waals surface area contributed by atoms with E-state index in [1.54, 1.807) is 24.4 Å². The molecule has 0 spiro atoms. The summed E-state index contributed by atoms with van der Waals surface area (Å²) in [7, 11) is 1.38. The molecule has 0 saturated heterocycles. The van der Waals surface area contributed by atoms with Gasteiger partial charge in [-0.3, -0.25) is 9.59 Å². The first kappa shape index (κ1) is 19.0. The number of hydrogen-bond acceptors (Lipinski definition) is 6. The Labute approximate surface area is 153 Å². The van der Waals surface area contributed by atoms with Crippen molar-refractivity contribution in [2.24, 2.45) is 0 Å². The average Bonchev–Trinajstić information content (AvgIpc) is 3.15. The molecule has 0 atom stereocenters. The van der Waals surface area contributed by atoms with Crippen molar-refractivity contribution >= 4 is 46.3 Å². The molecule has 1 aromatic heterocycles. The number of anilines is 1. The van der Waals surface area contributed by atoms with Gasteiger partial charge in [0.05, 0.1) is 22.7 Å². The number of carbonyl (C=O) groups excluding carboxylic acids is 3. The van der Waals surface area contributed by atoms with Gasteiger partial charge in [-0.2, -0.15) is 0 Å². The first-order valence-corrected chi connectivity index (χ1v) is 8.63. The summed E-state index contributed by atoms with van der Waals surface area (Å²) in [6.07, 6.45) is 0.285. The highest BCUT2D eigenvalue weighted by Crippen LogP contribution is 2.31. The zero-order valence-electron chi connectivity index (χ0n) is 13.6. The van der Waals surface area contributed by atoms with Gasteiger partial charge in [0.15, 0.2) is 6.61 Å². The first-order valence-electron chi connectivity index (χ1n) is 7.37. The topological polar surface area (TPSA) is 81.7 Å². The molecule has 0 bridgehead atoms. The van der Waals surface area contributed by atoms with Gasteiger partial charge in [0.2, 0.25) is 11.7 Å². The van der Waals surface area contributed by atoms with E-state index < -0.39 is 5.97 Å². The van der Waals surface area contributed by atoms with Crippen molar-refractivity contribution in [1.29, 1.82) is 0 Å². The standard InChI is InChI=1S/C17H16ClNO5S/c1-3-16(21)19-12-8-14(23-2)10(7-11(12)18)17(22)24-9-13(20)15-5-4-6-25-15/h4-8H,3,9H2,1-2H3,(H,19,21). The SMILES string of the molecule is CCC(=O)Nc1cc(OC)c(C(=O)OCC(=O)c2cccs2)cc1Cl. The molecule has 2 rings (SSSR count). The van der Waals surface area contributed by atoms with Crippen LogP contribution in [0.5, 0.6) is 5.75 Å². The van der Waals surface area contributed by atoms with Crippen LogP contribution in [-0.2, 0) is 9.53 Å². The summed E-state index contributed by atoms with van der Waals surface area (Å²) >= 11 is 7.38. The molecule has 8 heteroatoms. The molecule has 0 radical (unpaired) electrons. The lowest BCUT2D eigenvalue weighted by molar-refractivity contribution is -0.115. The fourth-order valence-corrected chi connectivity index (χ4v) is 2.80. The molecule has 0 saturated carbocycles. The summed E-state index contributed by atoms with van der Waals surface area (Å²) in [6.45, 7) is 1.32. The van der Waals surface area contributed by atoms with Gasteiger partial charge >= 0.3 is 5.97 Å². The Balaban J connectivity index is 2.14. The molecule has 0 fully saturated rings. The molecule has 0 aliphatic heterocycles. The maximum atomic E-state index is 12.2. The van der Waals surface area contributed by atoms with E-state index in [9.17, 15) is 14.4 Å². The van der Waals surface area contributed by atoms with Gasteiger partial charge in [-0.05, 0) is 17.5 Å². The van der Waals surface area contributed by atoms with Crippen LogP contribution >= 0.6 is 22.9 Å². The lowest BCUT2D eigenvalue weighted by Gasteiger charge is -2.12. The van der Waals surface area contributed by atoms with Gasteiger partial charge in [0.1, 0.15) is 11.3 Å². The van der Waals surface area contributed by atoms with Crippen molar-refractivity contribution in [2.75, 3.05) is 19.0 Å². The lowest BCUT2D eigenvalue weighted by Crippen LogP contribution is -2.15. The summed E-state index contributed by atoms with van der Waals surface area (Å²) in [5.41, 5.74) is 0.401. The van der Waals surface area contributed by atoms with Crippen LogP contribution in [0, 0.1) is 0 Å². The molecule has 1 amide bonds. The van der Waals surface area contributed by atoms with Crippen LogP contribution in [-0.4, -0.2) is 31.4 Å². The number of nitrogens with one attached hydrogen (secondary N) is 1. The summed E-state index contributed by atoms with van der Waals surface area (Å²) in [5.74, 6) is -1.07. The number of rotatable bonds is 7. The molecule has 132 valence electrons. The van der Waals surface area contributed by atoms with Crippen LogP contribution in [0.2, 0.25) is 5.02 Å². The van der Waals surface area contributed by atoms with E-state index in [0.717, 1.165) is 0 Å². The maximum absolute atomic E-state index is 12.2. The molecular formula is C17H16ClNO5S. The van der Waals surface area contributed by atoms with Gasteiger partial charge in [0.25, 0.3) is 0 Å². The monoisotopic (exact) mass is 381 g/mol. The summed E-state index contributed by atoms with van der Waals surface area (Å²) < 4.78 is 10.2. The van der Waals surface area contributed by atoms with Crippen molar-refractivity contribution in [3.05, 3.63) is 45.1 Å². The summed E-state index contributed by atoms with van der Waals surface area (Å²) in [5, 5.41) is 4.54. The second-order valence-corrected chi connectivity index (χ2v) is 6.27. The predicted octanol–water partition coefficient (Wildman–Crippen LogP) is 3.80. The van der Waals surface area contributed by atoms with E-state index in [0.29, 0.717) is 10.6 Å². The maximum Gasteiger partial charge on any atom is 0.342 e. The Hall–Kier alpha value is -2.38. The number of hydrogen-bond donors (Lipinski definition) is 1. The Morgan fingerprint density at radius 3 is 2.64 bits per heavy atom. The van der Waals surface area contributed by atoms with Crippen LogP contribution in [0.3, 0.4) is 0 Å². The lowest BCUT2D eigenvalue weighted by atomic mass is 10.1. The first-order chi connectivity index (χ1) is 12.0. The number of halogens is 1. The van der Waals surface area contributed by atoms with Crippen molar-refractivity contribution in [2.45, 2.75) is 13.3 Å². The number of amides is 1. The highest BCUT2D eigenvalue weighted by atomic mass is 35.5. The van der Waals surface area contributed by atoms with Crippen LogP contribution < -0.4 is 10.1 Å². The quantitative estimate of drug-likeness (QED) is 0.582. The van der Waals surface area contributed by atoms with E-state index in [4.69, 9.17) is 21.1 Å². The van der Waals surface area contributed by atoms with Gasteiger partial charge in [-0.25, -0.2) is 4.79 Å². The van der Waals surface area contributed by atoms with Crippen LogP contribution in [0.15, 0.2) is 29.6 Å². The molecular weight excluding hydrogens is 366 g/mol. The van der Waals surface area contributed by atoms with Crippen LogP contribution in [0.1, 0.15) is 33.4 Å². The highest BCUT2D eigenvalue weighted by molar-refractivity contribution is 7.12. The predicted molar refractivity (Wildman–Crippen MR) is 95.9 cm³/mol. The highest BCUT2D eigenvalue weighted by Gasteiger charge is 2.19. The Kier molecular flexibility index (Phi) is 6.55. The number of thiophene rings is 1. The number of ether oxygens (including phenoxy) is 2. The molecule has 1 N–H and O–H groups in total. The van der Waals surface area contributed by atoms with Crippen LogP contribution in [0.25, 0.3) is 0 Å². The molecule has 1 heterocycles. The fraction of sp³-hybridized carbons (Fsp3) is 0.235. The van der Waals surface area contributed by atoms with E-state index in [2.05, 4.69) is 5.32 Å². The zero-order valence-corrected chi connectivity index (χ0v) is 15.2. The van der Waals surface area contributed by atoms with Crippen molar-refractivity contribution in [3.63, 3.8) is 0 Å². The third kappa shape index (κ3) is 4.80. The van der Waals surface area contributed by atoms with Gasteiger partial charge < -0.3 is 14.8 Å². The van der Waals surface area contributed by atoms with E-state index in [1.807, 2.05) is 0 Å². The number of benzene rings is 1. The summed E-state index contributed by atoms with van der Waals surface area (Å²) in [4.78, 5) is 36.2. The third-order valence-corrected chi connectivity index (χ3v) is 4.46. The van der Waals surface area contributed by atoms with Crippen molar-refractivity contribution in [1.82, 2.24) is 0 Å². The average molecular weight is 382 g/mol. The Bertz CT molecular complexity index is 789. The molecule has 25 heavy (non-hydrogen) atoms. The van der Waals surface area contributed by atoms with Crippen LogP contribution in [0.4, 0.5) is 5.69 Å². The van der Waals surface area contributed by atoms with E-state index in [-0.39, 0.29) is 41.1 Å². The number of methoxy groups -OCH3 is 1. The minimum atomic E-state index is -0.739. The molecule has 0 unspecified atom stereocenters. The molecule has 6 nitrogen and oxygen atoms in total. The second kappa shape index (κ2) is 8.64. The smallest absolute Gasteiger partial charge is 0.342 e. The molecule has 1 aromatic carbocycles. The normalized spacial score (nSPS) is 10.2. The third-order valence-electron chi connectivity index (χ3n) is 3.23. The second-order valence-electron chi connectivity index (χ2n) is 4.91. The molecule has 0 aliphatic rings. The van der Waals surface area contributed by atoms with E-state index in [1.165, 1.54) is 30.6 Å². The Morgan fingerprint density at radius 1 is 1.28 bits per heavy atom. The van der Waals surface area contributed by atoms with Gasteiger partial charge in [0, 0.05) is 12.5 Å². The number of Topliss-reactive ketones (excluding diaryl/α,β-unsaturated/α-hetero) is 1.